The lowest BCUT2D eigenvalue weighted by Gasteiger charge is -2.17. The van der Waals surface area contributed by atoms with Gasteiger partial charge in [0.1, 0.15) is 0 Å². The zero-order chi connectivity index (χ0) is 31.1. The van der Waals surface area contributed by atoms with E-state index >= 15 is 0 Å². The summed E-state index contributed by atoms with van der Waals surface area (Å²) in [5.41, 5.74) is 2.49. The number of benzene rings is 3. The summed E-state index contributed by atoms with van der Waals surface area (Å²) in [6.07, 6.45) is -1.89. The normalized spacial score (nSPS) is 11.5. The summed E-state index contributed by atoms with van der Waals surface area (Å²) in [7, 11) is 0. The van der Waals surface area contributed by atoms with Gasteiger partial charge >= 0.3 is 6.18 Å². The van der Waals surface area contributed by atoms with Gasteiger partial charge in [0.25, 0.3) is 5.91 Å². The third kappa shape index (κ3) is 8.07. The molecule has 0 aliphatic carbocycles. The topological polar surface area (TPSA) is 99.3 Å². The molecule has 0 saturated heterocycles. The van der Waals surface area contributed by atoms with Crippen molar-refractivity contribution in [2.75, 3.05) is 42.1 Å². The molecule has 1 aromatic heterocycles. The number of carbonyl (C=O) groups is 2. The van der Waals surface area contributed by atoms with Gasteiger partial charge in [-0.2, -0.15) is 13.2 Å². The highest BCUT2D eigenvalue weighted by Crippen LogP contribution is 2.35. The number of hydrogen-bond donors (Lipinski definition) is 3. The first-order valence-corrected chi connectivity index (χ1v) is 14.1. The molecule has 0 bridgehead atoms. The minimum absolute atomic E-state index is 0.0634. The van der Waals surface area contributed by atoms with Crippen molar-refractivity contribution in [1.29, 1.82) is 0 Å². The van der Waals surface area contributed by atoms with Crippen molar-refractivity contribution in [3.63, 3.8) is 0 Å². The van der Waals surface area contributed by atoms with E-state index in [2.05, 4.69) is 44.7 Å². The third-order valence-electron chi connectivity index (χ3n) is 7.13. The maximum absolute atomic E-state index is 13.3. The summed E-state index contributed by atoms with van der Waals surface area (Å²) >= 11 is 0. The number of alkyl halides is 3. The lowest BCUT2D eigenvalue weighted by molar-refractivity contribution is -0.137. The molecule has 43 heavy (non-hydrogen) atoms. The summed E-state index contributed by atoms with van der Waals surface area (Å²) in [6.45, 7) is 11.2. The fourth-order valence-corrected chi connectivity index (χ4v) is 4.72. The molecular weight excluding hydrogens is 557 g/mol. The Kier molecular flexibility index (Phi) is 9.97. The van der Waals surface area contributed by atoms with Gasteiger partial charge in [-0.1, -0.05) is 26.0 Å². The Bertz CT molecular complexity index is 1620. The van der Waals surface area contributed by atoms with Crippen LogP contribution in [-0.4, -0.2) is 52.9 Å². The predicted octanol–water partition coefficient (Wildman–Crippen LogP) is 6.98. The minimum atomic E-state index is -4.62. The van der Waals surface area contributed by atoms with Crippen LogP contribution in [0.2, 0.25) is 0 Å². The smallest absolute Gasteiger partial charge is 0.354 e. The molecule has 0 aliphatic heterocycles. The van der Waals surface area contributed by atoms with Gasteiger partial charge in [-0.25, -0.2) is 9.97 Å². The first kappa shape index (κ1) is 31.4. The average molecular weight is 593 g/mol. The number of carbonyl (C=O) groups excluding carboxylic acids is 2. The van der Waals surface area contributed by atoms with Crippen LogP contribution in [0.15, 0.2) is 60.8 Å². The lowest BCUT2D eigenvalue weighted by atomic mass is 9.97. The van der Waals surface area contributed by atoms with Gasteiger partial charge in [0, 0.05) is 30.6 Å². The Hall–Kier alpha value is -4.51. The van der Waals surface area contributed by atoms with E-state index in [0.29, 0.717) is 5.95 Å². The number of aryl methyl sites for hydroxylation is 1. The number of rotatable bonds is 11. The predicted molar refractivity (Wildman–Crippen MR) is 164 cm³/mol. The van der Waals surface area contributed by atoms with Crippen LogP contribution in [0.25, 0.3) is 22.0 Å². The summed E-state index contributed by atoms with van der Waals surface area (Å²) < 4.78 is 40.0. The van der Waals surface area contributed by atoms with Crippen LogP contribution in [0.5, 0.6) is 0 Å². The molecule has 0 saturated carbocycles. The highest BCUT2D eigenvalue weighted by molar-refractivity contribution is 6.08. The summed E-state index contributed by atoms with van der Waals surface area (Å²) in [5.74, 6) is -0.540. The molecule has 226 valence electrons. The first-order chi connectivity index (χ1) is 20.5. The average Bonchev–Trinajstić information content (AvgIpc) is 2.97. The Morgan fingerprint density at radius 2 is 1.70 bits per heavy atom. The fourth-order valence-electron chi connectivity index (χ4n) is 4.72. The number of hydrogen-bond acceptors (Lipinski definition) is 6. The molecule has 4 aromatic rings. The first-order valence-electron chi connectivity index (χ1n) is 14.1. The maximum Gasteiger partial charge on any atom is 0.416 e. The minimum Gasteiger partial charge on any atom is -0.354 e. The van der Waals surface area contributed by atoms with Crippen LogP contribution in [0.1, 0.15) is 48.7 Å². The standard InChI is InChI=1S/C32H35F3N6O2/c1-5-41(6-2)15-7-14-36-31-37-19-24-16-22(10-12-27(24)40-31)26-17-23(9-8-20(26)3)30(43)39-29-18-25(32(33,34)35)11-13-28(29)38-21(4)42/h8-13,16-19H,5-7,14-15H2,1-4H3,(H,38,42)(H,39,43)(H,36,37,40). The van der Waals surface area contributed by atoms with E-state index in [1.54, 1.807) is 24.4 Å². The quantitative estimate of drug-likeness (QED) is 0.163. The molecule has 2 amide bonds. The zero-order valence-electron chi connectivity index (χ0n) is 24.6. The number of fused-ring (bicyclic) bond motifs is 1. The van der Waals surface area contributed by atoms with E-state index < -0.39 is 23.6 Å². The number of halogens is 3. The van der Waals surface area contributed by atoms with Crippen LogP contribution in [-0.2, 0) is 11.0 Å². The van der Waals surface area contributed by atoms with Crippen molar-refractivity contribution >= 4 is 40.0 Å². The molecule has 1 heterocycles. The molecule has 0 radical (unpaired) electrons. The van der Waals surface area contributed by atoms with Gasteiger partial charge in [0.2, 0.25) is 11.9 Å². The second-order valence-electron chi connectivity index (χ2n) is 10.2. The number of anilines is 3. The SMILES string of the molecule is CCN(CC)CCCNc1ncc2cc(-c3cc(C(=O)Nc4cc(C(F)(F)F)ccc4NC(C)=O)ccc3C)ccc2n1. The number of nitrogens with zero attached hydrogens (tertiary/aromatic N) is 3. The van der Waals surface area contributed by atoms with Crippen LogP contribution >= 0.6 is 0 Å². The van der Waals surface area contributed by atoms with Crippen molar-refractivity contribution < 1.29 is 22.8 Å². The van der Waals surface area contributed by atoms with E-state index in [1.807, 2.05) is 25.1 Å². The van der Waals surface area contributed by atoms with Crippen molar-refractivity contribution in [2.24, 2.45) is 0 Å². The van der Waals surface area contributed by atoms with Crippen LogP contribution in [0.3, 0.4) is 0 Å². The number of nitrogens with one attached hydrogen (secondary N) is 3. The molecule has 3 N–H and O–H groups in total. The van der Waals surface area contributed by atoms with Crippen LogP contribution in [0, 0.1) is 6.92 Å². The molecule has 11 heteroatoms. The molecule has 8 nitrogen and oxygen atoms in total. The van der Waals surface area contributed by atoms with Gasteiger partial charge in [0.05, 0.1) is 22.5 Å². The highest BCUT2D eigenvalue weighted by atomic mass is 19.4. The van der Waals surface area contributed by atoms with E-state index in [1.165, 1.54) is 6.92 Å². The molecular formula is C32H35F3N6O2. The van der Waals surface area contributed by atoms with Crippen molar-refractivity contribution in [2.45, 2.75) is 40.3 Å². The van der Waals surface area contributed by atoms with E-state index in [4.69, 9.17) is 0 Å². The Balaban J connectivity index is 1.54. The molecule has 0 fully saturated rings. The van der Waals surface area contributed by atoms with Gasteiger partial charge in [0.15, 0.2) is 0 Å². The molecule has 4 rings (SSSR count). The molecule has 0 unspecified atom stereocenters. The number of aromatic nitrogens is 2. The molecule has 0 spiro atoms. The van der Waals surface area contributed by atoms with Gasteiger partial charge in [-0.05, 0) is 92.1 Å². The van der Waals surface area contributed by atoms with E-state index in [-0.39, 0.29) is 16.9 Å². The van der Waals surface area contributed by atoms with Gasteiger partial charge in [-0.3, -0.25) is 9.59 Å². The van der Waals surface area contributed by atoms with Crippen LogP contribution in [0.4, 0.5) is 30.5 Å². The summed E-state index contributed by atoms with van der Waals surface area (Å²) in [6, 6.07) is 13.6. The van der Waals surface area contributed by atoms with E-state index in [0.717, 1.165) is 78.4 Å². The van der Waals surface area contributed by atoms with Crippen LogP contribution < -0.4 is 16.0 Å². The highest BCUT2D eigenvalue weighted by Gasteiger charge is 2.31. The zero-order valence-corrected chi connectivity index (χ0v) is 24.6. The summed E-state index contributed by atoms with van der Waals surface area (Å²) in [4.78, 5) is 36.2. The van der Waals surface area contributed by atoms with Gasteiger partial charge < -0.3 is 20.9 Å². The lowest BCUT2D eigenvalue weighted by Crippen LogP contribution is -2.25. The third-order valence-corrected chi connectivity index (χ3v) is 7.13. The number of amides is 2. The second-order valence-corrected chi connectivity index (χ2v) is 10.2. The van der Waals surface area contributed by atoms with Crippen molar-refractivity contribution in [1.82, 2.24) is 14.9 Å². The Labute approximate surface area is 248 Å². The second kappa shape index (κ2) is 13.6. The monoisotopic (exact) mass is 592 g/mol. The largest absolute Gasteiger partial charge is 0.416 e. The summed E-state index contributed by atoms with van der Waals surface area (Å²) in [5, 5.41) is 9.10. The maximum atomic E-state index is 13.3. The molecule has 3 aromatic carbocycles. The van der Waals surface area contributed by atoms with Crippen molar-refractivity contribution in [3.05, 3.63) is 77.5 Å². The fraction of sp³-hybridized carbons (Fsp3) is 0.312. The van der Waals surface area contributed by atoms with E-state index in [9.17, 15) is 22.8 Å². The van der Waals surface area contributed by atoms with Gasteiger partial charge in [-0.15, -0.1) is 0 Å². The Morgan fingerprint density at radius 1 is 0.930 bits per heavy atom. The molecule has 0 atom stereocenters. The molecule has 0 aliphatic rings. The Morgan fingerprint density at radius 3 is 2.40 bits per heavy atom. The van der Waals surface area contributed by atoms with Crippen molar-refractivity contribution in [3.8, 4) is 11.1 Å².